The zero-order valence-electron chi connectivity index (χ0n) is 19.6. The van der Waals surface area contributed by atoms with Gasteiger partial charge in [-0.15, -0.1) is 0 Å². The number of aromatic nitrogens is 2. The van der Waals surface area contributed by atoms with Crippen molar-refractivity contribution in [2.24, 2.45) is 0 Å². The first-order valence-corrected chi connectivity index (χ1v) is 12.0. The number of carbonyl (C=O) groups is 1. The molecule has 0 aliphatic heterocycles. The Labute approximate surface area is 192 Å². The van der Waals surface area contributed by atoms with Crippen LogP contribution in [0, 0.1) is 0 Å². The number of hydrogen-bond acceptors (Lipinski definition) is 5. The predicted molar refractivity (Wildman–Crippen MR) is 127 cm³/mol. The highest BCUT2D eigenvalue weighted by Crippen LogP contribution is 2.24. The molecule has 0 spiro atoms. The molecule has 0 aliphatic carbocycles. The molecule has 0 aliphatic rings. The van der Waals surface area contributed by atoms with Crippen LogP contribution in [0.25, 0.3) is 11.4 Å². The van der Waals surface area contributed by atoms with Crippen LogP contribution in [0.3, 0.4) is 0 Å². The van der Waals surface area contributed by atoms with Crippen LogP contribution in [0.15, 0.2) is 36.7 Å². The van der Waals surface area contributed by atoms with Gasteiger partial charge in [-0.2, -0.15) is 0 Å². The molecule has 0 saturated heterocycles. The van der Waals surface area contributed by atoms with Crippen LogP contribution in [-0.4, -0.2) is 40.9 Å². The van der Waals surface area contributed by atoms with Gasteiger partial charge in [-0.25, -0.2) is 9.97 Å². The van der Waals surface area contributed by atoms with Crippen molar-refractivity contribution in [3.05, 3.63) is 42.2 Å². The van der Waals surface area contributed by atoms with Gasteiger partial charge in [0.1, 0.15) is 12.4 Å². The third kappa shape index (κ3) is 9.35. The summed E-state index contributed by atoms with van der Waals surface area (Å²) in [5.41, 5.74) is 1.53. The topological polar surface area (TPSA) is 81.5 Å². The lowest BCUT2D eigenvalue weighted by atomic mass is 9.95. The number of aliphatic carboxylic acids is 1. The summed E-state index contributed by atoms with van der Waals surface area (Å²) in [6.07, 6.45) is 12.9. The van der Waals surface area contributed by atoms with E-state index < -0.39 is 11.9 Å². The fraction of sp³-hybridized carbons (Fsp3) is 0.577. The summed E-state index contributed by atoms with van der Waals surface area (Å²) in [5, 5.41) is 9.61. The molecular formula is C26H38N2O4. The van der Waals surface area contributed by atoms with E-state index in [1.54, 1.807) is 12.4 Å². The molecule has 6 nitrogen and oxygen atoms in total. The summed E-state index contributed by atoms with van der Waals surface area (Å²) < 4.78 is 11.3. The van der Waals surface area contributed by atoms with Crippen molar-refractivity contribution in [2.75, 3.05) is 19.8 Å². The van der Waals surface area contributed by atoms with Crippen molar-refractivity contribution in [1.82, 2.24) is 9.97 Å². The Morgan fingerprint density at radius 1 is 0.875 bits per heavy atom. The summed E-state index contributed by atoms with van der Waals surface area (Å²) in [6, 6.07) is 7.60. The van der Waals surface area contributed by atoms with Crippen molar-refractivity contribution in [3.8, 4) is 17.1 Å². The largest absolute Gasteiger partial charge is 0.491 e. The van der Waals surface area contributed by atoms with E-state index >= 15 is 0 Å². The minimum Gasteiger partial charge on any atom is -0.491 e. The van der Waals surface area contributed by atoms with Crippen molar-refractivity contribution < 1.29 is 19.4 Å². The van der Waals surface area contributed by atoms with Crippen LogP contribution >= 0.6 is 0 Å². The summed E-state index contributed by atoms with van der Waals surface area (Å²) >= 11 is 0. The minimum absolute atomic E-state index is 0.520. The Kier molecular flexibility index (Phi) is 12.4. The fourth-order valence-electron chi connectivity index (χ4n) is 3.53. The van der Waals surface area contributed by atoms with Gasteiger partial charge in [-0.3, -0.25) is 4.79 Å². The Morgan fingerprint density at radius 3 is 2.19 bits per heavy atom. The molecule has 176 valence electrons. The predicted octanol–water partition coefficient (Wildman–Crippen LogP) is 6.26. The fourth-order valence-corrected chi connectivity index (χ4v) is 3.53. The summed E-state index contributed by atoms with van der Waals surface area (Å²) in [5.74, 6) is -0.0125. The Hall–Kier alpha value is -2.47. The van der Waals surface area contributed by atoms with Gasteiger partial charge in [0.15, 0.2) is 5.82 Å². The SMILES string of the molecule is CCCCCCCC(C(=O)O)c1cnc(-c2ccc(OCCOCCCCC)cc2)nc1. The summed E-state index contributed by atoms with van der Waals surface area (Å²) in [4.78, 5) is 20.5. The Morgan fingerprint density at radius 2 is 1.53 bits per heavy atom. The van der Waals surface area contributed by atoms with Crippen molar-refractivity contribution in [1.29, 1.82) is 0 Å². The number of rotatable bonds is 17. The number of carboxylic acids is 1. The number of nitrogens with zero attached hydrogens (tertiary/aromatic N) is 2. The van der Waals surface area contributed by atoms with Gasteiger partial charge >= 0.3 is 5.97 Å². The zero-order valence-corrected chi connectivity index (χ0v) is 19.6. The second-order valence-electron chi connectivity index (χ2n) is 8.13. The van der Waals surface area contributed by atoms with Crippen LogP contribution in [0.4, 0.5) is 0 Å². The number of hydrogen-bond donors (Lipinski definition) is 1. The molecule has 1 N–H and O–H groups in total. The second kappa shape index (κ2) is 15.4. The molecule has 1 aromatic carbocycles. The van der Waals surface area contributed by atoms with Gasteiger partial charge in [0.25, 0.3) is 0 Å². The lowest BCUT2D eigenvalue weighted by molar-refractivity contribution is -0.139. The van der Waals surface area contributed by atoms with E-state index in [9.17, 15) is 9.90 Å². The van der Waals surface area contributed by atoms with Crippen LogP contribution in [-0.2, 0) is 9.53 Å². The van der Waals surface area contributed by atoms with Crippen molar-refractivity contribution >= 4 is 5.97 Å². The van der Waals surface area contributed by atoms with Gasteiger partial charge in [0, 0.05) is 30.1 Å². The molecule has 0 amide bonds. The summed E-state index contributed by atoms with van der Waals surface area (Å²) in [6.45, 7) is 6.23. The van der Waals surface area contributed by atoms with Gasteiger partial charge < -0.3 is 14.6 Å². The average Bonchev–Trinajstić information content (AvgIpc) is 2.81. The molecule has 6 heteroatoms. The smallest absolute Gasteiger partial charge is 0.311 e. The quantitative estimate of drug-likeness (QED) is 0.291. The third-order valence-electron chi connectivity index (χ3n) is 5.47. The standard InChI is InChI=1S/C26H38N2O4/c1-3-5-7-8-9-11-24(26(29)30)22-19-27-25(28-20-22)21-12-14-23(15-13-21)32-18-17-31-16-10-6-4-2/h12-15,19-20,24H,3-11,16-18H2,1-2H3,(H,29,30). The molecule has 1 atom stereocenters. The van der Waals surface area contributed by atoms with Crippen molar-refractivity contribution in [2.45, 2.75) is 77.6 Å². The van der Waals surface area contributed by atoms with Crippen molar-refractivity contribution in [3.63, 3.8) is 0 Å². The number of ether oxygens (including phenoxy) is 2. The van der Waals surface area contributed by atoms with E-state index in [1.165, 1.54) is 25.7 Å². The first-order chi connectivity index (χ1) is 15.7. The van der Waals surface area contributed by atoms with E-state index in [1.807, 2.05) is 24.3 Å². The van der Waals surface area contributed by atoms with Gasteiger partial charge in [-0.05, 0) is 37.1 Å². The second-order valence-corrected chi connectivity index (χ2v) is 8.13. The van der Waals surface area contributed by atoms with Crippen LogP contribution < -0.4 is 4.74 Å². The highest BCUT2D eigenvalue weighted by molar-refractivity contribution is 5.75. The molecule has 32 heavy (non-hydrogen) atoms. The molecule has 2 aromatic rings. The zero-order chi connectivity index (χ0) is 23.0. The van der Waals surface area contributed by atoms with Crippen LogP contribution in [0.1, 0.15) is 83.1 Å². The van der Waals surface area contributed by atoms with E-state index in [-0.39, 0.29) is 0 Å². The number of benzene rings is 1. The first kappa shape index (κ1) is 25.8. The van der Waals surface area contributed by atoms with Crippen LogP contribution in [0.2, 0.25) is 0 Å². The minimum atomic E-state index is -0.812. The summed E-state index contributed by atoms with van der Waals surface area (Å²) in [7, 11) is 0. The average molecular weight is 443 g/mol. The van der Waals surface area contributed by atoms with Gasteiger partial charge in [-0.1, -0.05) is 58.8 Å². The van der Waals surface area contributed by atoms with E-state index in [4.69, 9.17) is 9.47 Å². The lowest BCUT2D eigenvalue weighted by Crippen LogP contribution is -2.12. The molecule has 0 bridgehead atoms. The molecule has 1 heterocycles. The van der Waals surface area contributed by atoms with Crippen LogP contribution in [0.5, 0.6) is 5.75 Å². The molecule has 2 rings (SSSR count). The maximum atomic E-state index is 11.7. The third-order valence-corrected chi connectivity index (χ3v) is 5.47. The van der Waals surface area contributed by atoms with E-state index in [2.05, 4.69) is 23.8 Å². The van der Waals surface area contributed by atoms with Gasteiger partial charge in [0.05, 0.1) is 12.5 Å². The monoisotopic (exact) mass is 442 g/mol. The molecule has 0 saturated carbocycles. The lowest BCUT2D eigenvalue weighted by Gasteiger charge is -2.12. The molecule has 0 fully saturated rings. The first-order valence-electron chi connectivity index (χ1n) is 12.0. The molecule has 1 unspecified atom stereocenters. The normalized spacial score (nSPS) is 11.9. The Bertz CT molecular complexity index is 762. The van der Waals surface area contributed by atoms with Gasteiger partial charge in [0.2, 0.25) is 0 Å². The van der Waals surface area contributed by atoms with E-state index in [0.717, 1.165) is 43.6 Å². The highest BCUT2D eigenvalue weighted by Gasteiger charge is 2.20. The molecule has 1 aromatic heterocycles. The number of carboxylic acid groups (broad SMARTS) is 1. The number of unbranched alkanes of at least 4 members (excludes halogenated alkanes) is 6. The Balaban J connectivity index is 1.83. The molecule has 0 radical (unpaired) electrons. The maximum Gasteiger partial charge on any atom is 0.311 e. The highest BCUT2D eigenvalue weighted by atomic mass is 16.5. The molecular weight excluding hydrogens is 404 g/mol. The maximum absolute atomic E-state index is 11.7. The van der Waals surface area contributed by atoms with E-state index in [0.29, 0.717) is 31.0 Å².